The molecule has 0 fully saturated rings. The lowest BCUT2D eigenvalue weighted by Crippen LogP contribution is -2.36. The van der Waals surface area contributed by atoms with Crippen LogP contribution in [0.15, 0.2) is 30.3 Å². The maximum Gasteiger partial charge on any atom is 0.261 e. The van der Waals surface area contributed by atoms with Gasteiger partial charge < -0.3 is 4.90 Å². The molecule has 21 heavy (non-hydrogen) atoms. The van der Waals surface area contributed by atoms with Gasteiger partial charge in [0.1, 0.15) is 10.3 Å². The van der Waals surface area contributed by atoms with Crippen molar-refractivity contribution in [1.82, 2.24) is 4.98 Å². The van der Waals surface area contributed by atoms with Gasteiger partial charge in [0, 0.05) is 6.54 Å². The van der Waals surface area contributed by atoms with E-state index in [0.29, 0.717) is 12.1 Å². The molecule has 5 heteroatoms. The first-order valence-corrected chi connectivity index (χ1v) is 7.56. The number of benzene rings is 1. The van der Waals surface area contributed by atoms with E-state index in [2.05, 4.69) is 11.1 Å². The third-order valence-corrected chi connectivity index (χ3v) is 4.21. The number of fused-ring (bicyclic) bond motifs is 1. The molecule has 0 atom stereocenters. The summed E-state index contributed by atoms with van der Waals surface area (Å²) in [6, 6.07) is 9.34. The van der Waals surface area contributed by atoms with Crippen molar-refractivity contribution in [2.24, 2.45) is 0 Å². The molecule has 0 N–H and O–H groups in total. The van der Waals surface area contributed by atoms with Gasteiger partial charge >= 0.3 is 0 Å². The van der Waals surface area contributed by atoms with Gasteiger partial charge in [0.2, 0.25) is 0 Å². The molecule has 0 saturated carbocycles. The fraction of sp³-hybridized carbons (Fsp3) is 0.250. The summed E-state index contributed by atoms with van der Waals surface area (Å²) >= 11 is 11.9. The highest BCUT2D eigenvalue weighted by molar-refractivity contribution is 6.35. The number of para-hydroxylation sites is 1. The minimum Gasteiger partial charge on any atom is -0.308 e. The van der Waals surface area contributed by atoms with Crippen LogP contribution >= 0.6 is 23.2 Å². The van der Waals surface area contributed by atoms with Gasteiger partial charge in [0.05, 0.1) is 11.3 Å². The molecule has 3 nitrogen and oxygen atoms in total. The zero-order valence-electron chi connectivity index (χ0n) is 11.6. The molecule has 3 rings (SSSR count). The van der Waals surface area contributed by atoms with Gasteiger partial charge in [-0.3, -0.25) is 4.79 Å². The Morgan fingerprint density at radius 1 is 1.24 bits per heavy atom. The third-order valence-electron chi connectivity index (χ3n) is 3.71. The van der Waals surface area contributed by atoms with Crippen LogP contribution in [0.25, 0.3) is 0 Å². The molecule has 1 aromatic heterocycles. The Kier molecular flexibility index (Phi) is 3.87. The number of hydrogen-bond donors (Lipinski definition) is 0. The zero-order chi connectivity index (χ0) is 15.0. The highest BCUT2D eigenvalue weighted by Crippen LogP contribution is 2.32. The molecule has 1 aliphatic rings. The van der Waals surface area contributed by atoms with E-state index in [9.17, 15) is 4.79 Å². The number of rotatable bonds is 1. The third kappa shape index (κ3) is 2.63. The van der Waals surface area contributed by atoms with Gasteiger partial charge in [-0.15, -0.1) is 0 Å². The number of nitrogens with zero attached hydrogens (tertiary/aromatic N) is 2. The first-order chi connectivity index (χ1) is 10.1. The van der Waals surface area contributed by atoms with Crippen molar-refractivity contribution in [3.63, 3.8) is 0 Å². The van der Waals surface area contributed by atoms with Crippen LogP contribution in [0.2, 0.25) is 10.3 Å². The molecule has 2 heterocycles. The minimum atomic E-state index is -0.126. The summed E-state index contributed by atoms with van der Waals surface area (Å²) in [7, 11) is 0. The number of carbonyl (C=O) groups is 1. The predicted octanol–water partition coefficient (Wildman–Crippen LogP) is 4.29. The summed E-state index contributed by atoms with van der Waals surface area (Å²) in [4.78, 5) is 18.6. The van der Waals surface area contributed by atoms with Crippen molar-refractivity contribution in [1.29, 1.82) is 0 Å². The Morgan fingerprint density at radius 3 is 2.81 bits per heavy atom. The molecule has 1 amide bonds. The molecular formula is C16H14Cl2N2O. The number of amides is 1. The number of aromatic nitrogens is 1. The fourth-order valence-electron chi connectivity index (χ4n) is 2.77. The second-order valence-electron chi connectivity index (χ2n) is 5.12. The topological polar surface area (TPSA) is 33.2 Å². The van der Waals surface area contributed by atoms with Crippen molar-refractivity contribution in [2.45, 2.75) is 19.8 Å². The van der Waals surface area contributed by atoms with E-state index in [-0.39, 0.29) is 16.2 Å². The zero-order valence-corrected chi connectivity index (χ0v) is 13.1. The summed E-state index contributed by atoms with van der Waals surface area (Å²) in [5.41, 5.74) is 3.68. The normalized spacial score (nSPS) is 14.0. The Bertz CT molecular complexity index is 715. The van der Waals surface area contributed by atoms with E-state index in [1.165, 1.54) is 5.56 Å². The summed E-state index contributed by atoms with van der Waals surface area (Å²) in [5, 5.41) is 0.431. The highest BCUT2D eigenvalue weighted by Gasteiger charge is 2.26. The largest absolute Gasteiger partial charge is 0.308 e. The molecule has 2 aromatic rings. The van der Waals surface area contributed by atoms with Crippen molar-refractivity contribution in [2.75, 3.05) is 11.4 Å². The van der Waals surface area contributed by atoms with Crippen LogP contribution in [0.1, 0.15) is 27.9 Å². The molecule has 1 aliphatic heterocycles. The lowest BCUT2D eigenvalue weighted by molar-refractivity contribution is 0.0984. The monoisotopic (exact) mass is 320 g/mol. The van der Waals surface area contributed by atoms with Crippen LogP contribution in [0.4, 0.5) is 5.69 Å². The van der Waals surface area contributed by atoms with E-state index in [0.717, 1.165) is 24.1 Å². The summed E-state index contributed by atoms with van der Waals surface area (Å²) in [5.74, 6) is -0.126. The number of carbonyl (C=O) groups excluding carboxylic acids is 1. The second-order valence-corrected chi connectivity index (χ2v) is 5.86. The van der Waals surface area contributed by atoms with Crippen molar-refractivity contribution < 1.29 is 4.79 Å². The van der Waals surface area contributed by atoms with Crippen LogP contribution in [-0.2, 0) is 6.42 Å². The average molecular weight is 321 g/mol. The minimum absolute atomic E-state index is 0.126. The van der Waals surface area contributed by atoms with E-state index >= 15 is 0 Å². The van der Waals surface area contributed by atoms with Crippen LogP contribution in [0, 0.1) is 6.92 Å². The first-order valence-electron chi connectivity index (χ1n) is 6.80. The molecule has 0 spiro atoms. The maximum absolute atomic E-state index is 12.8. The van der Waals surface area contributed by atoms with Gasteiger partial charge in [-0.05, 0) is 43.0 Å². The fourth-order valence-corrected chi connectivity index (χ4v) is 3.19. The Labute approximate surface area is 133 Å². The second kappa shape index (κ2) is 5.66. The first kappa shape index (κ1) is 14.4. The lowest BCUT2D eigenvalue weighted by Gasteiger charge is -2.31. The van der Waals surface area contributed by atoms with Crippen molar-refractivity contribution in [3.8, 4) is 0 Å². The van der Waals surface area contributed by atoms with Crippen LogP contribution in [-0.4, -0.2) is 17.4 Å². The van der Waals surface area contributed by atoms with Crippen LogP contribution < -0.4 is 4.90 Å². The van der Waals surface area contributed by atoms with Crippen molar-refractivity contribution >= 4 is 34.8 Å². The van der Waals surface area contributed by atoms with Gasteiger partial charge in [0.15, 0.2) is 0 Å². The standard InChI is InChI=1S/C16H14Cl2N2O/c1-10-4-2-5-11-6-3-9-20(14(10)11)16(21)12-7-8-13(17)19-15(12)18/h2,4-5,7-8H,3,6,9H2,1H3. The van der Waals surface area contributed by atoms with E-state index in [4.69, 9.17) is 23.2 Å². The summed E-state index contributed by atoms with van der Waals surface area (Å²) in [6.45, 7) is 2.71. The molecule has 0 aliphatic carbocycles. The quantitative estimate of drug-likeness (QED) is 0.734. The molecule has 0 saturated heterocycles. The van der Waals surface area contributed by atoms with Crippen LogP contribution in [0.3, 0.4) is 0 Å². The SMILES string of the molecule is Cc1cccc2c1N(C(=O)c1ccc(Cl)nc1Cl)CCC2. The number of pyridine rings is 1. The smallest absolute Gasteiger partial charge is 0.261 e. The van der Waals surface area contributed by atoms with E-state index < -0.39 is 0 Å². The molecule has 1 aromatic carbocycles. The average Bonchev–Trinajstić information content (AvgIpc) is 2.46. The number of hydrogen-bond acceptors (Lipinski definition) is 2. The molecule has 0 bridgehead atoms. The van der Waals surface area contributed by atoms with Gasteiger partial charge in [0.25, 0.3) is 5.91 Å². The molecule has 0 unspecified atom stereocenters. The predicted molar refractivity (Wildman–Crippen MR) is 85.4 cm³/mol. The maximum atomic E-state index is 12.8. The molecule has 0 radical (unpaired) electrons. The number of anilines is 1. The highest BCUT2D eigenvalue weighted by atomic mass is 35.5. The van der Waals surface area contributed by atoms with Crippen molar-refractivity contribution in [3.05, 3.63) is 57.3 Å². The summed E-state index contributed by atoms with van der Waals surface area (Å²) < 4.78 is 0. The summed E-state index contributed by atoms with van der Waals surface area (Å²) in [6.07, 6.45) is 1.94. The van der Waals surface area contributed by atoms with Gasteiger partial charge in [-0.2, -0.15) is 0 Å². The van der Waals surface area contributed by atoms with E-state index in [1.54, 1.807) is 17.0 Å². The van der Waals surface area contributed by atoms with Gasteiger partial charge in [-0.25, -0.2) is 4.98 Å². The lowest BCUT2D eigenvalue weighted by atomic mass is 9.97. The Balaban J connectivity index is 2.04. The molecular weight excluding hydrogens is 307 g/mol. The Morgan fingerprint density at radius 2 is 2.05 bits per heavy atom. The Hall–Kier alpha value is -1.58. The molecule has 108 valence electrons. The number of aryl methyl sites for hydroxylation is 2. The number of halogens is 2. The van der Waals surface area contributed by atoms with Gasteiger partial charge in [-0.1, -0.05) is 41.4 Å². The van der Waals surface area contributed by atoms with Crippen LogP contribution in [0.5, 0.6) is 0 Å². The van der Waals surface area contributed by atoms with E-state index in [1.807, 2.05) is 19.1 Å².